The van der Waals surface area contributed by atoms with E-state index in [0.717, 1.165) is 10.6 Å². The van der Waals surface area contributed by atoms with Crippen LogP contribution < -0.4 is 10.5 Å². The highest BCUT2D eigenvalue weighted by atomic mass is 32.1. The van der Waals surface area contributed by atoms with Crippen molar-refractivity contribution in [2.75, 3.05) is 20.8 Å². The van der Waals surface area contributed by atoms with E-state index in [-0.39, 0.29) is 6.04 Å². The molecule has 1 unspecified atom stereocenters. The molecule has 1 atom stereocenters. The van der Waals surface area contributed by atoms with E-state index in [1.165, 1.54) is 11.3 Å². The third-order valence-corrected chi connectivity index (χ3v) is 3.04. The Hall–Kier alpha value is -1.44. The van der Waals surface area contributed by atoms with Gasteiger partial charge < -0.3 is 19.7 Å². The Bertz CT molecular complexity index is 483. The van der Waals surface area contributed by atoms with Gasteiger partial charge in [-0.25, -0.2) is 0 Å². The second kappa shape index (κ2) is 5.26. The van der Waals surface area contributed by atoms with Gasteiger partial charge in [0.25, 0.3) is 5.89 Å². The van der Waals surface area contributed by atoms with Gasteiger partial charge >= 0.3 is 0 Å². The van der Waals surface area contributed by atoms with Gasteiger partial charge in [0.2, 0.25) is 0 Å². The maximum Gasteiger partial charge on any atom is 0.268 e. The number of methoxy groups -OCH3 is 2. The van der Waals surface area contributed by atoms with Gasteiger partial charge in [0.1, 0.15) is 5.75 Å². The average molecular weight is 255 g/mol. The van der Waals surface area contributed by atoms with Crippen LogP contribution in [0.4, 0.5) is 0 Å². The Labute approximate surface area is 102 Å². The van der Waals surface area contributed by atoms with Gasteiger partial charge in [-0.2, -0.15) is 4.98 Å². The lowest BCUT2D eigenvalue weighted by atomic mass is 10.3. The highest BCUT2D eigenvalue weighted by molar-refractivity contribution is 7.13. The summed E-state index contributed by atoms with van der Waals surface area (Å²) >= 11 is 1.47. The molecule has 0 spiro atoms. The number of hydrogen-bond acceptors (Lipinski definition) is 7. The largest absolute Gasteiger partial charge is 0.496 e. The second-order valence-electron chi connectivity index (χ2n) is 3.37. The van der Waals surface area contributed by atoms with Crippen LogP contribution in [0.25, 0.3) is 10.8 Å². The Kier molecular flexibility index (Phi) is 3.72. The maximum atomic E-state index is 5.80. The summed E-state index contributed by atoms with van der Waals surface area (Å²) in [5.74, 6) is 1.65. The van der Waals surface area contributed by atoms with Crippen molar-refractivity contribution in [2.45, 2.75) is 6.04 Å². The summed E-state index contributed by atoms with van der Waals surface area (Å²) < 4.78 is 15.1. The van der Waals surface area contributed by atoms with E-state index in [2.05, 4.69) is 10.1 Å². The molecule has 6 nitrogen and oxygen atoms in total. The van der Waals surface area contributed by atoms with Gasteiger partial charge in [0.15, 0.2) is 5.82 Å². The van der Waals surface area contributed by atoms with E-state index >= 15 is 0 Å². The second-order valence-corrected chi connectivity index (χ2v) is 4.28. The molecule has 2 aromatic rings. The molecular weight excluding hydrogens is 242 g/mol. The van der Waals surface area contributed by atoms with Crippen LogP contribution in [0.5, 0.6) is 5.75 Å². The minimum Gasteiger partial charge on any atom is -0.496 e. The Morgan fingerprint density at radius 1 is 1.53 bits per heavy atom. The van der Waals surface area contributed by atoms with Gasteiger partial charge in [-0.15, -0.1) is 11.3 Å². The van der Waals surface area contributed by atoms with Crippen molar-refractivity contribution >= 4 is 11.3 Å². The molecule has 0 bridgehead atoms. The van der Waals surface area contributed by atoms with Crippen LogP contribution in [0.3, 0.4) is 0 Å². The fraction of sp³-hybridized carbons (Fsp3) is 0.400. The summed E-state index contributed by atoms with van der Waals surface area (Å²) in [6, 6.07) is 1.46. The number of thiophene rings is 1. The molecule has 92 valence electrons. The van der Waals surface area contributed by atoms with Crippen molar-refractivity contribution in [3.8, 4) is 16.5 Å². The number of ether oxygens (including phenoxy) is 2. The van der Waals surface area contributed by atoms with Gasteiger partial charge in [-0.3, -0.25) is 0 Å². The van der Waals surface area contributed by atoms with Gasteiger partial charge in [0, 0.05) is 18.6 Å². The Balaban J connectivity index is 2.17. The fourth-order valence-corrected chi connectivity index (χ4v) is 2.05. The minimum absolute atomic E-state index is 0.354. The van der Waals surface area contributed by atoms with Gasteiger partial charge in [-0.05, 0) is 0 Å². The van der Waals surface area contributed by atoms with Crippen molar-refractivity contribution in [2.24, 2.45) is 5.73 Å². The Morgan fingerprint density at radius 3 is 3.00 bits per heavy atom. The van der Waals surface area contributed by atoms with Crippen molar-refractivity contribution < 1.29 is 14.0 Å². The number of nitrogens with zero attached hydrogens (tertiary/aromatic N) is 2. The van der Waals surface area contributed by atoms with Crippen LogP contribution in [0, 0.1) is 0 Å². The van der Waals surface area contributed by atoms with E-state index in [0.29, 0.717) is 18.3 Å². The molecule has 0 aromatic carbocycles. The molecule has 2 aromatic heterocycles. The molecular formula is C10H13N3O3S. The lowest BCUT2D eigenvalue weighted by molar-refractivity contribution is 0.177. The van der Waals surface area contributed by atoms with E-state index in [1.54, 1.807) is 14.2 Å². The first kappa shape index (κ1) is 12.0. The molecule has 0 saturated carbocycles. The van der Waals surface area contributed by atoms with Crippen LogP contribution in [0.15, 0.2) is 16.0 Å². The highest BCUT2D eigenvalue weighted by Gasteiger charge is 2.16. The molecule has 2 heterocycles. The zero-order valence-corrected chi connectivity index (χ0v) is 10.4. The predicted molar refractivity (Wildman–Crippen MR) is 63.0 cm³/mol. The van der Waals surface area contributed by atoms with Gasteiger partial charge in [0.05, 0.1) is 24.6 Å². The molecule has 2 rings (SSSR count). The molecule has 0 aliphatic rings. The SMILES string of the molecule is COCC(N)c1noc(-c2cc(OC)cs2)n1. The zero-order valence-electron chi connectivity index (χ0n) is 9.54. The molecule has 0 fully saturated rings. The lowest BCUT2D eigenvalue weighted by Crippen LogP contribution is -2.17. The average Bonchev–Trinajstić information content (AvgIpc) is 2.98. The maximum absolute atomic E-state index is 5.80. The quantitative estimate of drug-likeness (QED) is 0.870. The molecule has 0 aliphatic heterocycles. The van der Waals surface area contributed by atoms with Crippen LogP contribution in [0.1, 0.15) is 11.9 Å². The topological polar surface area (TPSA) is 83.4 Å². The summed E-state index contributed by atoms with van der Waals surface area (Å²) in [7, 11) is 3.19. The molecule has 0 amide bonds. The van der Waals surface area contributed by atoms with Crippen molar-refractivity contribution in [3.05, 3.63) is 17.3 Å². The van der Waals surface area contributed by atoms with E-state index in [9.17, 15) is 0 Å². The van der Waals surface area contributed by atoms with Gasteiger partial charge in [-0.1, -0.05) is 5.16 Å². The van der Waals surface area contributed by atoms with E-state index < -0.39 is 0 Å². The van der Waals surface area contributed by atoms with Crippen LogP contribution in [-0.2, 0) is 4.74 Å². The summed E-state index contributed by atoms with van der Waals surface area (Å²) in [5.41, 5.74) is 5.80. The summed E-state index contributed by atoms with van der Waals surface area (Å²) in [6.45, 7) is 0.354. The number of aromatic nitrogens is 2. The predicted octanol–water partition coefficient (Wildman–Crippen LogP) is 1.45. The summed E-state index contributed by atoms with van der Waals surface area (Å²) in [6.07, 6.45) is 0. The summed E-state index contributed by atoms with van der Waals surface area (Å²) in [4.78, 5) is 5.07. The van der Waals surface area contributed by atoms with Crippen LogP contribution in [-0.4, -0.2) is 31.0 Å². The highest BCUT2D eigenvalue weighted by Crippen LogP contribution is 2.30. The minimum atomic E-state index is -0.376. The van der Waals surface area contributed by atoms with Crippen LogP contribution in [0.2, 0.25) is 0 Å². The first-order chi connectivity index (χ1) is 8.24. The fourth-order valence-electron chi connectivity index (χ4n) is 1.28. The van der Waals surface area contributed by atoms with Crippen molar-refractivity contribution in [3.63, 3.8) is 0 Å². The molecule has 2 N–H and O–H groups in total. The first-order valence-electron chi connectivity index (χ1n) is 4.95. The van der Waals surface area contributed by atoms with E-state index in [1.807, 2.05) is 11.4 Å². The third-order valence-electron chi connectivity index (χ3n) is 2.14. The lowest BCUT2D eigenvalue weighted by Gasteiger charge is -2.02. The molecule has 7 heteroatoms. The monoisotopic (exact) mass is 255 g/mol. The van der Waals surface area contributed by atoms with E-state index in [4.69, 9.17) is 19.7 Å². The number of nitrogens with two attached hydrogens (primary N) is 1. The molecule has 0 radical (unpaired) electrons. The molecule has 17 heavy (non-hydrogen) atoms. The third kappa shape index (κ3) is 2.63. The zero-order chi connectivity index (χ0) is 12.3. The van der Waals surface area contributed by atoms with Crippen LogP contribution >= 0.6 is 11.3 Å². The van der Waals surface area contributed by atoms with Crippen molar-refractivity contribution in [1.82, 2.24) is 10.1 Å². The molecule has 0 aliphatic carbocycles. The Morgan fingerprint density at radius 2 is 2.35 bits per heavy atom. The standard InChI is InChI=1S/C10H13N3O3S/c1-14-4-7(11)9-12-10(16-13-9)8-3-6(15-2)5-17-8/h3,5,7H,4,11H2,1-2H3. The first-order valence-corrected chi connectivity index (χ1v) is 5.83. The summed E-state index contributed by atoms with van der Waals surface area (Å²) in [5, 5.41) is 5.69. The smallest absolute Gasteiger partial charge is 0.268 e. The van der Waals surface area contributed by atoms with Crippen molar-refractivity contribution in [1.29, 1.82) is 0 Å². The number of hydrogen-bond donors (Lipinski definition) is 1. The normalized spacial score (nSPS) is 12.6. The molecule has 0 saturated heterocycles. The number of rotatable bonds is 5.